The molecule has 1 aromatic heterocycles. The van der Waals surface area contributed by atoms with Crippen LogP contribution in [-0.4, -0.2) is 38.7 Å². The average molecular weight is 775 g/mol. The van der Waals surface area contributed by atoms with Crippen molar-refractivity contribution in [1.29, 1.82) is 0 Å². The second-order valence-electron chi connectivity index (χ2n) is 15.3. The van der Waals surface area contributed by atoms with E-state index in [1.54, 1.807) is 30.3 Å². The van der Waals surface area contributed by atoms with Gasteiger partial charge in [0.05, 0.1) is 34.5 Å². The molecule has 4 amide bonds. The van der Waals surface area contributed by atoms with Gasteiger partial charge in [-0.15, -0.1) is 0 Å². The number of nitrogens with one attached hydrogen (secondary N) is 1. The quantitative estimate of drug-likeness (QED) is 0.128. The summed E-state index contributed by atoms with van der Waals surface area (Å²) in [6.07, 6.45) is 2.39. The van der Waals surface area contributed by atoms with Gasteiger partial charge in [-0.3, -0.25) is 29.5 Å². The summed E-state index contributed by atoms with van der Waals surface area (Å²) in [5, 5.41) is 11.8. The third-order valence-corrected chi connectivity index (χ3v) is 12.7. The number of hydrazine groups is 1. The molecule has 3 fully saturated rings. The van der Waals surface area contributed by atoms with Crippen LogP contribution >= 0.6 is 11.6 Å². The summed E-state index contributed by atoms with van der Waals surface area (Å²) in [5.74, 6) is -4.96. The number of hydrogen-bond donors (Lipinski definition) is 2. The number of hydrogen-bond acceptors (Lipinski definition) is 8. The molecule has 0 spiro atoms. The molecule has 0 bridgehead atoms. The minimum atomic E-state index is -1.47. The van der Waals surface area contributed by atoms with Gasteiger partial charge in [0.15, 0.2) is 5.58 Å². The fraction of sp³-hybridized carbons (Fsp3) is 0.196. The lowest BCUT2D eigenvalue weighted by Gasteiger charge is -2.50. The Kier molecular flexibility index (Phi) is 7.98. The van der Waals surface area contributed by atoms with E-state index in [1.165, 1.54) is 17.0 Å². The Labute approximate surface area is 332 Å². The first-order valence-corrected chi connectivity index (χ1v) is 19.3. The zero-order chi connectivity index (χ0) is 39.2. The first-order valence-electron chi connectivity index (χ1n) is 18.9. The number of nitrogens with zero attached hydrogens (tertiary/aromatic N) is 3. The number of benzene rings is 5. The van der Waals surface area contributed by atoms with Gasteiger partial charge in [-0.05, 0) is 97.5 Å². The molecule has 6 aromatic rings. The Hall–Kier alpha value is -6.52. The van der Waals surface area contributed by atoms with E-state index in [4.69, 9.17) is 16.0 Å². The van der Waals surface area contributed by atoms with Crippen molar-refractivity contribution in [3.05, 3.63) is 155 Å². The van der Waals surface area contributed by atoms with Crippen molar-refractivity contribution in [2.24, 2.45) is 23.7 Å². The number of oxazole rings is 1. The molecular formula is C46H35ClN4O6. The summed E-state index contributed by atoms with van der Waals surface area (Å²) in [6.45, 7) is 1.95. The number of aromatic hydroxyl groups is 1. The highest BCUT2D eigenvalue weighted by Crippen LogP contribution is 2.65. The Morgan fingerprint density at radius 3 is 2.30 bits per heavy atom. The van der Waals surface area contributed by atoms with Crippen LogP contribution in [0.5, 0.6) is 5.75 Å². The third-order valence-electron chi connectivity index (χ3n) is 12.4. The van der Waals surface area contributed by atoms with Gasteiger partial charge in [0, 0.05) is 16.5 Å². The first-order chi connectivity index (χ1) is 27.6. The monoisotopic (exact) mass is 774 g/mol. The summed E-state index contributed by atoms with van der Waals surface area (Å²) in [7, 11) is 0. The maximum Gasteiger partial charge on any atom is 0.260 e. The highest BCUT2D eigenvalue weighted by Gasteiger charge is 2.70. The Morgan fingerprint density at radius 2 is 1.56 bits per heavy atom. The molecule has 0 unspecified atom stereocenters. The number of allylic oxidation sites excluding steroid dienone is 2. The van der Waals surface area contributed by atoms with Gasteiger partial charge in [0.25, 0.3) is 11.8 Å². The lowest BCUT2D eigenvalue weighted by molar-refractivity contribution is -0.138. The fourth-order valence-corrected chi connectivity index (χ4v) is 10.1. The SMILES string of the molecule is Cc1ccc(NN2C(=O)[C@@H]3C[C@@H]4C(=CC[C@@H]5C(=O)N(c6ccc(-c7nc8ccccc8o7)cc6)C(=O)[C@@H]54)[C@H](c4ccc(O)cc4Cl)[C@]3(c3ccccc3)C2=O)cc1. The Bertz CT molecular complexity index is 2640. The molecule has 10 nitrogen and oxygen atoms in total. The molecule has 10 rings (SSSR count). The molecule has 2 saturated heterocycles. The van der Waals surface area contributed by atoms with E-state index >= 15 is 4.79 Å². The summed E-state index contributed by atoms with van der Waals surface area (Å²) < 4.78 is 5.95. The molecule has 1 saturated carbocycles. The summed E-state index contributed by atoms with van der Waals surface area (Å²) in [5.41, 5.74) is 7.67. The van der Waals surface area contributed by atoms with Crippen LogP contribution in [0, 0.1) is 30.6 Å². The normalized spacial score (nSPS) is 25.4. The standard InChI is InChI=1S/C46H35ClN4O6/c1-25-11-15-28(16-12-25)49-51-43(54)35-24-34-31(40(32-20-19-30(52)23-36(32)47)46(35,45(51)56)27-7-3-2-4-8-27)21-22-33-39(34)44(55)50(42(33)53)29-17-13-26(14-18-29)41-48-37-9-5-6-10-38(37)57-41/h2-21,23,33-35,39-40,49,52H,22,24H2,1H3/t33-,34+,35-,39-,40+,46+/m0/s1. The summed E-state index contributed by atoms with van der Waals surface area (Å²) in [4.78, 5) is 65.1. The number of carbonyl (C=O) groups is 4. The molecule has 5 aromatic carbocycles. The van der Waals surface area contributed by atoms with Crippen molar-refractivity contribution >= 4 is 57.7 Å². The molecule has 282 valence electrons. The average Bonchev–Trinajstić information content (AvgIpc) is 3.84. The molecule has 2 aliphatic carbocycles. The minimum Gasteiger partial charge on any atom is -0.508 e. The zero-order valence-corrected chi connectivity index (χ0v) is 31.4. The first kappa shape index (κ1) is 34.9. The predicted octanol–water partition coefficient (Wildman–Crippen LogP) is 8.35. The molecule has 2 aliphatic heterocycles. The number of carbonyl (C=O) groups excluding carboxylic acids is 4. The van der Waals surface area contributed by atoms with Crippen LogP contribution in [0.1, 0.15) is 35.4 Å². The second kappa shape index (κ2) is 13.0. The number of fused-ring (bicyclic) bond motifs is 5. The number of amides is 4. The molecule has 6 atom stereocenters. The van der Waals surface area contributed by atoms with E-state index in [-0.39, 0.29) is 35.4 Å². The summed E-state index contributed by atoms with van der Waals surface area (Å²) >= 11 is 6.99. The van der Waals surface area contributed by atoms with Crippen LogP contribution in [0.15, 0.2) is 137 Å². The molecule has 2 N–H and O–H groups in total. The van der Waals surface area contributed by atoms with Crippen LogP contribution in [0.2, 0.25) is 5.02 Å². The number of phenolic OH excluding ortho intramolecular Hbond substituents is 1. The van der Waals surface area contributed by atoms with Gasteiger partial charge < -0.3 is 9.52 Å². The van der Waals surface area contributed by atoms with Crippen molar-refractivity contribution in [1.82, 2.24) is 9.99 Å². The van der Waals surface area contributed by atoms with E-state index in [2.05, 4.69) is 10.4 Å². The number of halogens is 1. The molecule has 57 heavy (non-hydrogen) atoms. The van der Waals surface area contributed by atoms with Crippen molar-refractivity contribution in [3.8, 4) is 17.2 Å². The van der Waals surface area contributed by atoms with Crippen molar-refractivity contribution in [2.75, 3.05) is 10.3 Å². The number of para-hydroxylation sites is 2. The largest absolute Gasteiger partial charge is 0.508 e. The van der Waals surface area contributed by atoms with Gasteiger partial charge >= 0.3 is 0 Å². The van der Waals surface area contributed by atoms with E-state index < -0.39 is 46.8 Å². The van der Waals surface area contributed by atoms with Crippen LogP contribution in [0.25, 0.3) is 22.6 Å². The highest BCUT2D eigenvalue weighted by atomic mass is 35.5. The number of aromatic nitrogens is 1. The zero-order valence-electron chi connectivity index (χ0n) is 30.6. The smallest absolute Gasteiger partial charge is 0.260 e. The van der Waals surface area contributed by atoms with E-state index in [1.807, 2.05) is 91.9 Å². The molecular weight excluding hydrogens is 740 g/mol. The fourth-order valence-electron chi connectivity index (χ4n) is 9.85. The molecule has 11 heteroatoms. The molecule has 0 radical (unpaired) electrons. The van der Waals surface area contributed by atoms with Gasteiger partial charge in [0.2, 0.25) is 17.7 Å². The third kappa shape index (κ3) is 5.20. The van der Waals surface area contributed by atoms with Gasteiger partial charge in [0.1, 0.15) is 11.3 Å². The molecule has 4 aliphatic rings. The van der Waals surface area contributed by atoms with E-state index in [9.17, 15) is 19.5 Å². The Morgan fingerprint density at radius 1 is 0.825 bits per heavy atom. The maximum atomic E-state index is 15.3. The number of aryl methyl sites for hydroxylation is 1. The lowest BCUT2D eigenvalue weighted by atomic mass is 9.49. The predicted molar refractivity (Wildman–Crippen MR) is 214 cm³/mol. The van der Waals surface area contributed by atoms with Crippen LogP contribution in [0.4, 0.5) is 11.4 Å². The maximum absolute atomic E-state index is 15.3. The minimum absolute atomic E-state index is 0.0510. The van der Waals surface area contributed by atoms with Crippen LogP contribution in [-0.2, 0) is 24.6 Å². The number of phenols is 1. The van der Waals surface area contributed by atoms with Crippen molar-refractivity contribution in [2.45, 2.75) is 31.1 Å². The number of anilines is 2. The van der Waals surface area contributed by atoms with Crippen molar-refractivity contribution in [3.63, 3.8) is 0 Å². The highest BCUT2D eigenvalue weighted by molar-refractivity contribution is 6.31. The van der Waals surface area contributed by atoms with Crippen LogP contribution in [0.3, 0.4) is 0 Å². The second-order valence-corrected chi connectivity index (χ2v) is 15.8. The summed E-state index contributed by atoms with van der Waals surface area (Å²) in [6, 6.07) is 35.8. The van der Waals surface area contributed by atoms with E-state index in [0.717, 1.165) is 21.7 Å². The van der Waals surface area contributed by atoms with Crippen molar-refractivity contribution < 1.29 is 28.7 Å². The molecule has 3 heterocycles. The van der Waals surface area contributed by atoms with Crippen LogP contribution < -0.4 is 10.3 Å². The number of imide groups is 2. The topological polar surface area (TPSA) is 133 Å². The number of rotatable bonds is 6. The van der Waals surface area contributed by atoms with E-state index in [0.29, 0.717) is 39.5 Å². The lowest BCUT2D eigenvalue weighted by Crippen LogP contribution is -2.53. The Balaban J connectivity index is 1.07. The van der Waals surface area contributed by atoms with Gasteiger partial charge in [-0.1, -0.05) is 89.5 Å². The van der Waals surface area contributed by atoms with Gasteiger partial charge in [-0.2, -0.15) is 5.01 Å². The van der Waals surface area contributed by atoms with Gasteiger partial charge in [-0.25, -0.2) is 4.98 Å².